The van der Waals surface area contributed by atoms with Crippen LogP contribution < -0.4 is 9.97 Å². The maximum absolute atomic E-state index is 12.5. The molecule has 0 radical (unpaired) electrons. The maximum Gasteiger partial charge on any atom is 0.526 e. The molecule has 2 atom stereocenters. The van der Waals surface area contributed by atoms with E-state index in [1.807, 2.05) is 0 Å². The highest BCUT2D eigenvalue weighted by atomic mass is 16.5. The van der Waals surface area contributed by atoms with Crippen LogP contribution in [0.2, 0.25) is 5.82 Å². The predicted molar refractivity (Wildman–Crippen MR) is 99.3 cm³/mol. The van der Waals surface area contributed by atoms with Crippen LogP contribution in [0.3, 0.4) is 0 Å². The highest BCUT2D eigenvalue weighted by Crippen LogP contribution is 2.36. The van der Waals surface area contributed by atoms with Gasteiger partial charge in [-0.25, -0.2) is 9.48 Å². The fourth-order valence-electron chi connectivity index (χ4n) is 3.85. The number of rotatable bonds is 6. The second-order valence-corrected chi connectivity index (χ2v) is 7.35. The second kappa shape index (κ2) is 7.73. The number of hydrogen-bond donors (Lipinski definition) is 3. The summed E-state index contributed by atoms with van der Waals surface area (Å²) in [4.78, 5) is 23.8. The van der Waals surface area contributed by atoms with Crippen LogP contribution in [0.25, 0.3) is 0 Å². The van der Waals surface area contributed by atoms with Crippen LogP contribution in [-0.4, -0.2) is 57.1 Å². The van der Waals surface area contributed by atoms with Gasteiger partial charge in [0, 0.05) is 30.9 Å². The van der Waals surface area contributed by atoms with Gasteiger partial charge in [-0.2, -0.15) is 0 Å². The normalized spacial score (nSPS) is 21.2. The Morgan fingerprint density at radius 2 is 2.25 bits per heavy atom. The predicted octanol–water partition coefficient (Wildman–Crippen LogP) is 0.498. The molecule has 10 heteroatoms. The van der Waals surface area contributed by atoms with Gasteiger partial charge in [-0.05, 0) is 31.0 Å². The van der Waals surface area contributed by atoms with Gasteiger partial charge in [0.1, 0.15) is 12.3 Å². The molecule has 3 heterocycles. The molecule has 1 aromatic carbocycles. The first-order valence-electron chi connectivity index (χ1n) is 9.33. The summed E-state index contributed by atoms with van der Waals surface area (Å²) in [6, 6.07) is 4.82. The van der Waals surface area contributed by atoms with Crippen LogP contribution in [0.1, 0.15) is 40.4 Å². The lowest BCUT2D eigenvalue weighted by atomic mass is 9.64. The van der Waals surface area contributed by atoms with Gasteiger partial charge >= 0.3 is 13.1 Å². The van der Waals surface area contributed by atoms with Gasteiger partial charge in [0.25, 0.3) is 0 Å². The summed E-state index contributed by atoms with van der Waals surface area (Å²) < 4.78 is 6.97. The van der Waals surface area contributed by atoms with Crippen molar-refractivity contribution >= 4 is 18.9 Å². The Morgan fingerprint density at radius 3 is 3.00 bits per heavy atom. The highest BCUT2D eigenvalue weighted by Gasteiger charge is 2.37. The molecule has 2 aliphatic heterocycles. The van der Waals surface area contributed by atoms with E-state index in [9.17, 15) is 19.7 Å². The number of nitrogens with zero attached hydrogens (tertiary/aromatic N) is 3. The number of nitrogens with one attached hydrogen (secondary N) is 1. The number of aromatic carboxylic acids is 1. The van der Waals surface area contributed by atoms with Gasteiger partial charge in [-0.15, -0.1) is 5.10 Å². The van der Waals surface area contributed by atoms with E-state index in [1.165, 1.54) is 10.7 Å². The van der Waals surface area contributed by atoms with E-state index in [1.54, 1.807) is 18.3 Å². The molecule has 4 rings (SSSR count). The van der Waals surface area contributed by atoms with Crippen molar-refractivity contribution in [3.05, 3.63) is 41.2 Å². The topological polar surface area (TPSA) is 127 Å². The molecule has 2 aromatic rings. The summed E-state index contributed by atoms with van der Waals surface area (Å²) in [5.74, 6) is -1.13. The zero-order valence-electron chi connectivity index (χ0n) is 15.2. The van der Waals surface area contributed by atoms with Crippen LogP contribution in [0, 0.1) is 0 Å². The van der Waals surface area contributed by atoms with Gasteiger partial charge < -0.3 is 20.1 Å². The summed E-state index contributed by atoms with van der Waals surface area (Å²) in [5.41, 5.74) is 1.58. The Balaban J connectivity index is 1.39. The molecule has 1 unspecified atom stereocenters. The standard InChI is InChI=1S/C18H21BN4O5/c24-14(9-23-10-16(21-22-23)12-4-5-20-8-12)7-13-6-11-2-1-3-15(18(25)26)17(11)28-19(13)27/h1-3,10,12-13,20,27H,4-9H2,(H,25,26)/t12?,13-/m1/s1. The van der Waals surface area contributed by atoms with Crippen molar-refractivity contribution in [2.45, 2.75) is 37.5 Å². The zero-order valence-corrected chi connectivity index (χ0v) is 15.2. The lowest BCUT2D eigenvalue weighted by molar-refractivity contribution is -0.120. The number of carboxylic acid groups (broad SMARTS) is 1. The van der Waals surface area contributed by atoms with Crippen molar-refractivity contribution in [1.82, 2.24) is 20.3 Å². The van der Waals surface area contributed by atoms with E-state index in [0.29, 0.717) is 17.9 Å². The number of Topliss-reactive ketones (excluding diaryl/α,β-unsaturated/α-hetero) is 1. The van der Waals surface area contributed by atoms with Gasteiger partial charge in [-0.3, -0.25) is 4.79 Å². The zero-order chi connectivity index (χ0) is 19.7. The van der Waals surface area contributed by atoms with Crippen LogP contribution >= 0.6 is 0 Å². The van der Waals surface area contributed by atoms with Gasteiger partial charge in [0.2, 0.25) is 0 Å². The number of carbonyl (C=O) groups excluding carboxylic acids is 1. The van der Waals surface area contributed by atoms with Crippen molar-refractivity contribution in [3.63, 3.8) is 0 Å². The number of para-hydroxylation sites is 1. The fraction of sp³-hybridized carbons (Fsp3) is 0.444. The summed E-state index contributed by atoms with van der Waals surface area (Å²) in [6.07, 6.45) is 3.30. The number of hydrogen-bond acceptors (Lipinski definition) is 7. The molecule has 1 aromatic heterocycles. The maximum atomic E-state index is 12.5. The van der Waals surface area contributed by atoms with E-state index in [-0.39, 0.29) is 30.1 Å². The Hall–Kier alpha value is -2.72. The number of carboxylic acids is 1. The first kappa shape index (κ1) is 18.6. The fourth-order valence-corrected chi connectivity index (χ4v) is 3.85. The third-order valence-corrected chi connectivity index (χ3v) is 5.31. The number of carbonyl (C=O) groups is 2. The minimum atomic E-state index is -1.23. The lowest BCUT2D eigenvalue weighted by Crippen LogP contribution is -2.36. The van der Waals surface area contributed by atoms with E-state index in [0.717, 1.165) is 25.2 Å². The monoisotopic (exact) mass is 384 g/mol. The largest absolute Gasteiger partial charge is 0.535 e. The number of fused-ring (bicyclic) bond motifs is 1. The van der Waals surface area contributed by atoms with Gasteiger partial charge in [0.15, 0.2) is 5.78 Å². The third-order valence-electron chi connectivity index (χ3n) is 5.31. The number of ketones is 1. The van der Waals surface area contributed by atoms with Crippen molar-refractivity contribution < 1.29 is 24.4 Å². The Labute approximate surface area is 161 Å². The van der Waals surface area contributed by atoms with Crippen LogP contribution in [-0.2, 0) is 17.8 Å². The minimum absolute atomic E-state index is 0.0119. The number of aromatic nitrogens is 3. The Kier molecular flexibility index (Phi) is 5.14. The lowest BCUT2D eigenvalue weighted by Gasteiger charge is -2.27. The molecule has 9 nitrogen and oxygen atoms in total. The molecule has 1 saturated heterocycles. The molecule has 3 N–H and O–H groups in total. The van der Waals surface area contributed by atoms with Crippen molar-refractivity contribution in [2.75, 3.05) is 13.1 Å². The van der Waals surface area contributed by atoms with E-state index in [4.69, 9.17) is 4.65 Å². The third kappa shape index (κ3) is 3.78. The SMILES string of the molecule is O=C(C[C@H]1Cc2cccc(C(=O)O)c2OB1O)Cn1cc(C2CCNC2)nn1. The molecule has 0 saturated carbocycles. The molecule has 0 aliphatic carbocycles. The van der Waals surface area contributed by atoms with Crippen LogP contribution in [0.4, 0.5) is 0 Å². The molecule has 146 valence electrons. The first-order chi connectivity index (χ1) is 13.5. The molecule has 0 spiro atoms. The smallest absolute Gasteiger partial charge is 0.526 e. The van der Waals surface area contributed by atoms with E-state index < -0.39 is 18.9 Å². The molecular weight excluding hydrogens is 363 g/mol. The minimum Gasteiger partial charge on any atom is -0.535 e. The molecular formula is C18H21BN4O5. The average Bonchev–Trinajstić information content (AvgIpc) is 3.33. The van der Waals surface area contributed by atoms with E-state index in [2.05, 4.69) is 15.6 Å². The second-order valence-electron chi connectivity index (χ2n) is 7.35. The Bertz CT molecular complexity index is 896. The quantitative estimate of drug-likeness (QED) is 0.615. The van der Waals surface area contributed by atoms with Gasteiger partial charge in [-0.1, -0.05) is 17.3 Å². The molecule has 2 aliphatic rings. The summed E-state index contributed by atoms with van der Waals surface area (Å²) in [7, 11) is -1.23. The Morgan fingerprint density at radius 1 is 1.39 bits per heavy atom. The number of benzene rings is 1. The molecule has 1 fully saturated rings. The summed E-state index contributed by atoms with van der Waals surface area (Å²) in [6.45, 7) is 1.91. The van der Waals surface area contributed by atoms with E-state index >= 15 is 0 Å². The van der Waals surface area contributed by atoms with Crippen LogP contribution in [0.5, 0.6) is 5.75 Å². The van der Waals surface area contributed by atoms with Crippen molar-refractivity contribution in [2.24, 2.45) is 0 Å². The summed E-state index contributed by atoms with van der Waals surface area (Å²) in [5, 5.41) is 31.0. The molecule has 0 amide bonds. The van der Waals surface area contributed by atoms with Crippen molar-refractivity contribution in [1.29, 1.82) is 0 Å². The average molecular weight is 384 g/mol. The first-order valence-corrected chi connectivity index (χ1v) is 9.33. The molecule has 0 bridgehead atoms. The highest BCUT2D eigenvalue weighted by molar-refractivity contribution is 6.47. The van der Waals surface area contributed by atoms with Gasteiger partial charge in [0.05, 0.1) is 11.3 Å². The van der Waals surface area contributed by atoms with Crippen molar-refractivity contribution in [3.8, 4) is 5.75 Å². The summed E-state index contributed by atoms with van der Waals surface area (Å²) >= 11 is 0. The van der Waals surface area contributed by atoms with Crippen LogP contribution in [0.15, 0.2) is 24.4 Å². The molecule has 28 heavy (non-hydrogen) atoms.